The first-order valence-corrected chi connectivity index (χ1v) is 11.9. The Morgan fingerprint density at radius 1 is 0.909 bits per heavy atom. The van der Waals surface area contributed by atoms with Gasteiger partial charge in [0.25, 0.3) is 11.8 Å². The van der Waals surface area contributed by atoms with Gasteiger partial charge in [-0.25, -0.2) is 0 Å². The summed E-state index contributed by atoms with van der Waals surface area (Å²) in [7, 11) is 0. The second-order valence-corrected chi connectivity index (χ2v) is 10.1. The molecule has 2 aliphatic heterocycles. The van der Waals surface area contributed by atoms with Crippen LogP contribution in [0.4, 0.5) is 0 Å². The summed E-state index contributed by atoms with van der Waals surface area (Å²) in [5, 5.41) is 0. The van der Waals surface area contributed by atoms with Crippen LogP contribution in [0.5, 0.6) is 0 Å². The predicted octanol–water partition coefficient (Wildman–Crippen LogP) is 3.31. The van der Waals surface area contributed by atoms with Crippen LogP contribution in [0.15, 0.2) is 54.6 Å². The van der Waals surface area contributed by atoms with Crippen molar-refractivity contribution >= 4 is 35.5 Å². The summed E-state index contributed by atoms with van der Waals surface area (Å²) in [4.78, 5) is 55.2. The van der Waals surface area contributed by atoms with E-state index in [1.807, 2.05) is 30.3 Å². The molecule has 0 N–H and O–H groups in total. The van der Waals surface area contributed by atoms with Crippen LogP contribution in [-0.2, 0) is 14.3 Å². The highest BCUT2D eigenvalue weighted by atomic mass is 32.2. The fourth-order valence-electron chi connectivity index (χ4n) is 4.13. The summed E-state index contributed by atoms with van der Waals surface area (Å²) in [6.07, 6.45) is 0. The summed E-state index contributed by atoms with van der Waals surface area (Å²) in [5.41, 5.74) is 0.765. The number of thioether (sulfide) groups is 1. The van der Waals surface area contributed by atoms with Crippen LogP contribution in [0.1, 0.15) is 53.1 Å². The van der Waals surface area contributed by atoms with E-state index in [0.29, 0.717) is 16.9 Å². The van der Waals surface area contributed by atoms with E-state index in [0.717, 1.165) is 10.5 Å². The predicted molar refractivity (Wildman–Crippen MR) is 125 cm³/mol. The largest absolute Gasteiger partial charge is 0.459 e. The number of benzene rings is 2. The maximum absolute atomic E-state index is 13.8. The maximum atomic E-state index is 13.8. The lowest BCUT2D eigenvalue weighted by molar-refractivity contribution is -0.160. The molecule has 3 amide bonds. The number of hydrogen-bond acceptors (Lipinski definition) is 6. The van der Waals surface area contributed by atoms with Crippen molar-refractivity contribution in [3.63, 3.8) is 0 Å². The van der Waals surface area contributed by atoms with Crippen LogP contribution in [-0.4, -0.2) is 63.2 Å². The summed E-state index contributed by atoms with van der Waals surface area (Å²) in [6.45, 7) is 5.03. The number of carbonyl (C=O) groups excluding carboxylic acids is 4. The molecule has 0 spiro atoms. The molecule has 1 saturated heterocycles. The van der Waals surface area contributed by atoms with Gasteiger partial charge in [0, 0.05) is 11.5 Å². The van der Waals surface area contributed by atoms with Crippen LogP contribution in [0.3, 0.4) is 0 Å². The molecule has 2 heterocycles. The fraction of sp³-hybridized carbons (Fsp3) is 0.360. The highest BCUT2D eigenvalue weighted by molar-refractivity contribution is 7.99. The molecule has 8 heteroatoms. The first kappa shape index (κ1) is 23.0. The van der Waals surface area contributed by atoms with Crippen molar-refractivity contribution < 1.29 is 23.9 Å². The average molecular weight is 467 g/mol. The second-order valence-electron chi connectivity index (χ2n) is 9.06. The van der Waals surface area contributed by atoms with E-state index in [9.17, 15) is 19.2 Å². The Bertz CT molecular complexity index is 1060. The molecule has 4 rings (SSSR count). The molecule has 7 nitrogen and oxygen atoms in total. The normalized spacial score (nSPS) is 21.1. The Labute approximate surface area is 197 Å². The first-order valence-electron chi connectivity index (χ1n) is 10.8. The molecule has 0 saturated carbocycles. The zero-order valence-electron chi connectivity index (χ0n) is 18.8. The second kappa shape index (κ2) is 9.02. The number of fused-ring (bicyclic) bond motifs is 1. The van der Waals surface area contributed by atoms with Gasteiger partial charge in [0.1, 0.15) is 18.2 Å². The van der Waals surface area contributed by atoms with Gasteiger partial charge in [-0.05, 0) is 38.5 Å². The van der Waals surface area contributed by atoms with Crippen LogP contribution in [0, 0.1) is 0 Å². The Hall–Kier alpha value is -3.13. The minimum absolute atomic E-state index is 0.262. The van der Waals surface area contributed by atoms with E-state index in [2.05, 4.69) is 0 Å². The smallest absolute Gasteiger partial charge is 0.326 e. The first-order chi connectivity index (χ1) is 15.7. The molecular formula is C25H26N2O5S. The zero-order valence-corrected chi connectivity index (χ0v) is 19.6. The third kappa shape index (κ3) is 4.66. The molecule has 0 bridgehead atoms. The molecule has 2 aliphatic rings. The van der Waals surface area contributed by atoms with Gasteiger partial charge in [-0.2, -0.15) is 11.8 Å². The maximum Gasteiger partial charge on any atom is 0.326 e. The van der Waals surface area contributed by atoms with Crippen LogP contribution in [0.2, 0.25) is 0 Å². The van der Waals surface area contributed by atoms with Crippen LogP contribution in [0.25, 0.3) is 0 Å². The van der Waals surface area contributed by atoms with E-state index in [1.54, 1.807) is 45.0 Å². The Kier molecular flexibility index (Phi) is 6.30. The Balaban J connectivity index is 1.68. The summed E-state index contributed by atoms with van der Waals surface area (Å²) in [6, 6.07) is 14.6. The molecular weight excluding hydrogens is 440 g/mol. The van der Waals surface area contributed by atoms with Crippen LogP contribution >= 0.6 is 11.8 Å². The third-order valence-corrected chi connectivity index (χ3v) is 6.64. The summed E-state index contributed by atoms with van der Waals surface area (Å²) >= 11 is 1.48. The summed E-state index contributed by atoms with van der Waals surface area (Å²) in [5.74, 6) is -1.15. The lowest BCUT2D eigenvalue weighted by Crippen LogP contribution is -2.53. The van der Waals surface area contributed by atoms with Crippen molar-refractivity contribution in [2.75, 3.05) is 18.1 Å². The number of amides is 3. The van der Waals surface area contributed by atoms with Gasteiger partial charge in [-0.15, -0.1) is 0 Å². The van der Waals surface area contributed by atoms with Gasteiger partial charge >= 0.3 is 5.97 Å². The molecule has 0 aromatic heterocycles. The fourth-order valence-corrected chi connectivity index (χ4v) is 5.37. The van der Waals surface area contributed by atoms with Gasteiger partial charge in [0.2, 0.25) is 5.91 Å². The van der Waals surface area contributed by atoms with Gasteiger partial charge in [0.15, 0.2) is 0 Å². The van der Waals surface area contributed by atoms with E-state index in [4.69, 9.17) is 4.74 Å². The number of esters is 1. The van der Waals surface area contributed by atoms with Crippen molar-refractivity contribution in [2.24, 2.45) is 0 Å². The Morgan fingerprint density at radius 3 is 2.03 bits per heavy atom. The van der Waals surface area contributed by atoms with Gasteiger partial charge < -0.3 is 9.64 Å². The number of imide groups is 1. The van der Waals surface area contributed by atoms with Crippen LogP contribution < -0.4 is 0 Å². The zero-order chi connectivity index (χ0) is 23.8. The molecule has 172 valence electrons. The van der Waals surface area contributed by atoms with Crippen molar-refractivity contribution in [1.29, 1.82) is 0 Å². The average Bonchev–Trinajstić information content (AvgIpc) is 2.91. The third-order valence-electron chi connectivity index (χ3n) is 5.54. The SMILES string of the molecule is CC(C)(C)OC(=O)CN1C(=O)C(N2C(=O)c3ccccc3C2=O)CSCC1c1ccccc1. The van der Waals surface area contributed by atoms with E-state index in [1.165, 1.54) is 16.7 Å². The van der Waals surface area contributed by atoms with E-state index >= 15 is 0 Å². The molecule has 33 heavy (non-hydrogen) atoms. The molecule has 0 radical (unpaired) electrons. The molecule has 2 aromatic carbocycles. The van der Waals surface area contributed by atoms with Gasteiger partial charge in [-0.1, -0.05) is 42.5 Å². The highest BCUT2D eigenvalue weighted by Crippen LogP contribution is 2.34. The number of rotatable bonds is 4. The number of ether oxygens (including phenoxy) is 1. The Morgan fingerprint density at radius 2 is 1.45 bits per heavy atom. The topological polar surface area (TPSA) is 84.0 Å². The lowest BCUT2D eigenvalue weighted by atomic mass is 10.1. The quantitative estimate of drug-likeness (QED) is 0.508. The van der Waals surface area contributed by atoms with Crippen molar-refractivity contribution in [3.05, 3.63) is 71.3 Å². The van der Waals surface area contributed by atoms with Crippen molar-refractivity contribution in [1.82, 2.24) is 9.80 Å². The van der Waals surface area contributed by atoms with Crippen molar-refractivity contribution in [2.45, 2.75) is 38.5 Å². The molecule has 2 aromatic rings. The monoisotopic (exact) mass is 466 g/mol. The molecule has 2 atom stereocenters. The van der Waals surface area contributed by atoms with E-state index in [-0.39, 0.29) is 12.3 Å². The lowest BCUT2D eigenvalue weighted by Gasteiger charge is -2.33. The minimum Gasteiger partial charge on any atom is -0.459 e. The number of hydrogen-bond donors (Lipinski definition) is 0. The minimum atomic E-state index is -1.00. The highest BCUT2D eigenvalue weighted by Gasteiger charge is 2.46. The van der Waals surface area contributed by atoms with E-state index < -0.39 is 41.4 Å². The number of carbonyl (C=O) groups is 4. The standard InChI is InChI=1S/C25H26N2O5S/c1-25(2,3)32-21(28)13-26-19(16-9-5-4-6-10-16)14-33-15-20(24(26)31)27-22(29)17-11-7-8-12-18(17)23(27)30/h4-12,19-20H,13-15H2,1-3H3. The van der Waals surface area contributed by atoms with Gasteiger partial charge in [0.05, 0.1) is 17.2 Å². The summed E-state index contributed by atoms with van der Waals surface area (Å²) < 4.78 is 5.48. The number of nitrogens with zero attached hydrogens (tertiary/aromatic N) is 2. The van der Waals surface area contributed by atoms with Crippen molar-refractivity contribution in [3.8, 4) is 0 Å². The molecule has 2 unspecified atom stereocenters. The van der Waals surface area contributed by atoms with Gasteiger partial charge in [-0.3, -0.25) is 24.1 Å². The molecule has 1 fully saturated rings. The molecule has 0 aliphatic carbocycles.